The lowest BCUT2D eigenvalue weighted by Crippen LogP contribution is -2.34. The summed E-state index contributed by atoms with van der Waals surface area (Å²) in [6, 6.07) is 9.52. The van der Waals surface area contributed by atoms with Gasteiger partial charge in [0.1, 0.15) is 18.5 Å². The van der Waals surface area contributed by atoms with Gasteiger partial charge in [-0.3, -0.25) is 9.59 Å². The average molecular weight is 405 g/mol. The number of nitrogens with zero attached hydrogens (tertiary/aromatic N) is 4. The van der Waals surface area contributed by atoms with Crippen LogP contribution in [0.4, 0.5) is 5.82 Å². The molecule has 4 rings (SSSR count). The SMILES string of the molecule is C=CC(=O)N1CCc2c(cn3ncnc(NC(COC(C)=O)c4ccccc4)c23)C1. The largest absolute Gasteiger partial charge is 0.463 e. The topological polar surface area (TPSA) is 88.8 Å². The van der Waals surface area contributed by atoms with E-state index in [9.17, 15) is 9.59 Å². The van der Waals surface area contributed by atoms with Gasteiger partial charge in [-0.15, -0.1) is 0 Å². The highest BCUT2D eigenvalue weighted by molar-refractivity contribution is 5.87. The second kappa shape index (κ2) is 8.36. The Bertz CT molecular complexity index is 1090. The summed E-state index contributed by atoms with van der Waals surface area (Å²) in [4.78, 5) is 29.6. The third-order valence-electron chi connectivity index (χ3n) is 5.21. The molecular formula is C22H23N5O3. The molecule has 1 atom stereocenters. The molecule has 30 heavy (non-hydrogen) atoms. The first kappa shape index (κ1) is 19.6. The fraction of sp³-hybridized carbons (Fsp3) is 0.273. The Hall–Kier alpha value is -3.68. The van der Waals surface area contributed by atoms with E-state index in [1.54, 1.807) is 9.42 Å². The van der Waals surface area contributed by atoms with Crippen LogP contribution in [0.1, 0.15) is 29.7 Å². The number of hydrogen-bond donors (Lipinski definition) is 1. The second-order valence-electron chi connectivity index (χ2n) is 7.16. The zero-order valence-corrected chi connectivity index (χ0v) is 16.7. The van der Waals surface area contributed by atoms with Crippen LogP contribution in [0.15, 0.2) is 55.5 Å². The van der Waals surface area contributed by atoms with Crippen molar-refractivity contribution in [3.8, 4) is 0 Å². The number of benzene rings is 1. The molecule has 3 heterocycles. The van der Waals surface area contributed by atoms with Gasteiger partial charge in [-0.2, -0.15) is 5.10 Å². The molecule has 0 fully saturated rings. The number of fused-ring (bicyclic) bond motifs is 3. The first-order valence-electron chi connectivity index (χ1n) is 9.77. The lowest BCUT2D eigenvalue weighted by Gasteiger charge is -2.26. The minimum atomic E-state index is -0.336. The molecule has 1 aromatic carbocycles. The Balaban J connectivity index is 1.68. The molecule has 0 radical (unpaired) electrons. The number of aromatic nitrogens is 3. The zero-order chi connectivity index (χ0) is 21.1. The zero-order valence-electron chi connectivity index (χ0n) is 16.7. The van der Waals surface area contributed by atoms with E-state index in [2.05, 4.69) is 22.0 Å². The standard InChI is InChI=1S/C22H23N5O3/c1-3-20(29)26-10-9-18-17(11-26)12-27-21(18)22(23-14-24-27)25-19(13-30-15(2)28)16-7-5-4-6-8-16/h3-8,12,14,19H,1,9-11,13H2,2H3,(H,23,24,25). The van der Waals surface area contributed by atoms with Crippen molar-refractivity contribution in [3.63, 3.8) is 0 Å². The molecule has 0 aliphatic carbocycles. The summed E-state index contributed by atoms with van der Waals surface area (Å²) in [5.41, 5.74) is 4.02. The maximum Gasteiger partial charge on any atom is 0.302 e. The van der Waals surface area contributed by atoms with Crippen LogP contribution in [0.3, 0.4) is 0 Å². The summed E-state index contributed by atoms with van der Waals surface area (Å²) in [6.07, 6.45) is 5.46. The molecule has 0 spiro atoms. The highest BCUT2D eigenvalue weighted by Crippen LogP contribution is 2.30. The Kier molecular flexibility index (Phi) is 5.47. The number of rotatable bonds is 6. The van der Waals surface area contributed by atoms with Crippen molar-refractivity contribution < 1.29 is 14.3 Å². The number of hydrogen-bond acceptors (Lipinski definition) is 6. The minimum absolute atomic E-state index is 0.0779. The third-order valence-corrected chi connectivity index (χ3v) is 5.21. The van der Waals surface area contributed by atoms with Gasteiger partial charge in [0, 0.05) is 26.2 Å². The van der Waals surface area contributed by atoms with E-state index in [1.807, 2.05) is 36.5 Å². The van der Waals surface area contributed by atoms with E-state index in [0.717, 1.165) is 22.2 Å². The highest BCUT2D eigenvalue weighted by Gasteiger charge is 2.25. The molecule has 154 valence electrons. The lowest BCUT2D eigenvalue weighted by atomic mass is 10.0. The van der Waals surface area contributed by atoms with Crippen LogP contribution in [0.2, 0.25) is 0 Å². The predicted molar refractivity (Wildman–Crippen MR) is 112 cm³/mol. The number of esters is 1. The normalized spacial score (nSPS) is 14.1. The molecule has 3 aromatic rings. The number of nitrogens with one attached hydrogen (secondary N) is 1. The van der Waals surface area contributed by atoms with Crippen LogP contribution >= 0.6 is 0 Å². The van der Waals surface area contributed by atoms with Crippen molar-refractivity contribution in [2.75, 3.05) is 18.5 Å². The van der Waals surface area contributed by atoms with E-state index in [0.29, 0.717) is 25.3 Å². The fourth-order valence-corrected chi connectivity index (χ4v) is 3.77. The van der Waals surface area contributed by atoms with Gasteiger partial charge in [0.25, 0.3) is 0 Å². The van der Waals surface area contributed by atoms with Crippen molar-refractivity contribution >= 4 is 23.2 Å². The van der Waals surface area contributed by atoms with Gasteiger partial charge in [-0.1, -0.05) is 36.9 Å². The Morgan fingerprint density at radius 3 is 2.87 bits per heavy atom. The summed E-state index contributed by atoms with van der Waals surface area (Å²) < 4.78 is 7.07. The van der Waals surface area contributed by atoms with Crippen molar-refractivity contribution in [2.45, 2.75) is 25.9 Å². The summed E-state index contributed by atoms with van der Waals surface area (Å²) in [7, 11) is 0. The summed E-state index contributed by atoms with van der Waals surface area (Å²) in [5, 5.41) is 7.78. The minimum Gasteiger partial charge on any atom is -0.463 e. The number of carbonyl (C=O) groups is 2. The van der Waals surface area contributed by atoms with Gasteiger partial charge in [-0.25, -0.2) is 9.50 Å². The van der Waals surface area contributed by atoms with Crippen LogP contribution in [0, 0.1) is 0 Å². The van der Waals surface area contributed by atoms with E-state index in [4.69, 9.17) is 4.74 Å². The van der Waals surface area contributed by atoms with Gasteiger partial charge in [-0.05, 0) is 29.2 Å². The van der Waals surface area contributed by atoms with Crippen molar-refractivity contribution in [3.05, 3.63) is 72.2 Å². The fourth-order valence-electron chi connectivity index (χ4n) is 3.77. The van der Waals surface area contributed by atoms with Crippen LogP contribution in [-0.2, 0) is 27.3 Å². The predicted octanol–water partition coefficient (Wildman–Crippen LogP) is 2.52. The molecule has 1 amide bonds. The Morgan fingerprint density at radius 2 is 2.13 bits per heavy atom. The van der Waals surface area contributed by atoms with Crippen LogP contribution in [-0.4, -0.2) is 44.5 Å². The van der Waals surface area contributed by atoms with Crippen LogP contribution in [0.5, 0.6) is 0 Å². The van der Waals surface area contributed by atoms with Gasteiger partial charge in [0.05, 0.1) is 6.04 Å². The molecule has 1 aliphatic heterocycles. The monoisotopic (exact) mass is 405 g/mol. The van der Waals surface area contributed by atoms with Gasteiger partial charge in [0.15, 0.2) is 5.82 Å². The Morgan fingerprint density at radius 1 is 1.33 bits per heavy atom. The molecule has 1 unspecified atom stereocenters. The van der Waals surface area contributed by atoms with Crippen molar-refractivity contribution in [1.82, 2.24) is 19.5 Å². The van der Waals surface area contributed by atoms with Crippen molar-refractivity contribution in [1.29, 1.82) is 0 Å². The maximum absolute atomic E-state index is 12.0. The molecule has 1 aliphatic rings. The van der Waals surface area contributed by atoms with E-state index < -0.39 is 0 Å². The van der Waals surface area contributed by atoms with Gasteiger partial charge >= 0.3 is 5.97 Å². The molecule has 8 heteroatoms. The summed E-state index contributed by atoms with van der Waals surface area (Å²) in [5.74, 6) is 0.249. The smallest absolute Gasteiger partial charge is 0.302 e. The highest BCUT2D eigenvalue weighted by atomic mass is 16.5. The number of anilines is 1. The van der Waals surface area contributed by atoms with E-state index in [1.165, 1.54) is 19.3 Å². The maximum atomic E-state index is 12.0. The van der Waals surface area contributed by atoms with Crippen molar-refractivity contribution in [2.24, 2.45) is 0 Å². The first-order chi connectivity index (χ1) is 14.6. The molecule has 0 bridgehead atoms. The first-order valence-corrected chi connectivity index (χ1v) is 9.77. The summed E-state index contributed by atoms with van der Waals surface area (Å²) in [6.45, 7) is 6.27. The van der Waals surface area contributed by atoms with Crippen LogP contribution in [0.25, 0.3) is 5.52 Å². The molecule has 0 saturated carbocycles. The number of carbonyl (C=O) groups excluding carboxylic acids is 2. The van der Waals surface area contributed by atoms with E-state index in [-0.39, 0.29) is 24.5 Å². The van der Waals surface area contributed by atoms with Gasteiger partial charge in [0.2, 0.25) is 5.91 Å². The Labute approximate surface area is 174 Å². The number of ether oxygens (including phenoxy) is 1. The molecule has 1 N–H and O–H groups in total. The third kappa shape index (κ3) is 3.89. The van der Waals surface area contributed by atoms with Crippen LogP contribution < -0.4 is 5.32 Å². The average Bonchev–Trinajstić information content (AvgIpc) is 3.15. The molecular weight excluding hydrogens is 382 g/mol. The van der Waals surface area contributed by atoms with E-state index >= 15 is 0 Å². The molecule has 0 saturated heterocycles. The second-order valence-corrected chi connectivity index (χ2v) is 7.16. The quantitative estimate of drug-likeness (QED) is 0.501. The molecule has 2 aromatic heterocycles. The van der Waals surface area contributed by atoms with Gasteiger partial charge < -0.3 is 15.0 Å². The molecule has 8 nitrogen and oxygen atoms in total. The lowest BCUT2D eigenvalue weighted by molar-refractivity contribution is -0.141. The summed E-state index contributed by atoms with van der Waals surface area (Å²) >= 11 is 0. The number of amides is 1.